The predicted octanol–water partition coefficient (Wildman–Crippen LogP) is 1.62. The van der Waals surface area contributed by atoms with Crippen molar-refractivity contribution < 1.29 is 9.90 Å². The summed E-state index contributed by atoms with van der Waals surface area (Å²) in [6.07, 6.45) is 8.26. The molecule has 1 unspecified atom stereocenters. The highest BCUT2D eigenvalue weighted by Crippen LogP contribution is 2.25. The highest BCUT2D eigenvalue weighted by atomic mass is 16.3. The average Bonchev–Trinajstić information content (AvgIpc) is 2.37. The van der Waals surface area contributed by atoms with Gasteiger partial charge in [-0.25, -0.2) is 0 Å². The number of amides is 1. The molecule has 1 heterocycles. The van der Waals surface area contributed by atoms with Crippen molar-refractivity contribution in [3.8, 4) is 0 Å². The number of hydrogen-bond donors (Lipinski definition) is 1. The van der Waals surface area contributed by atoms with Crippen molar-refractivity contribution in [3.63, 3.8) is 0 Å². The Morgan fingerprint density at radius 2 is 2.05 bits per heavy atom. The van der Waals surface area contributed by atoms with Crippen molar-refractivity contribution in [2.75, 3.05) is 26.2 Å². The quantitative estimate of drug-likeness (QED) is 0.796. The van der Waals surface area contributed by atoms with E-state index in [0.29, 0.717) is 25.2 Å². The number of piperidine rings is 1. The smallest absolute Gasteiger partial charge is 0.237 e. The maximum atomic E-state index is 12.5. The molecule has 1 amide bonds. The molecular weight excluding hydrogens is 240 g/mol. The number of aliphatic hydroxyl groups is 1. The van der Waals surface area contributed by atoms with Crippen LogP contribution in [0.5, 0.6) is 0 Å². The number of carbonyl (C=O) groups is 1. The fraction of sp³-hybridized carbons (Fsp3) is 0.933. The van der Waals surface area contributed by atoms with Gasteiger partial charge in [0, 0.05) is 25.2 Å². The Bertz CT molecular complexity index is 292. The Labute approximate surface area is 116 Å². The summed E-state index contributed by atoms with van der Waals surface area (Å²) in [5.41, 5.74) is 0. The molecule has 0 aromatic rings. The molecule has 2 aliphatic rings. The molecule has 4 heteroatoms. The molecule has 0 aromatic carbocycles. The summed E-state index contributed by atoms with van der Waals surface area (Å²) in [5, 5.41) is 9.16. The van der Waals surface area contributed by atoms with Crippen LogP contribution in [0.4, 0.5) is 0 Å². The summed E-state index contributed by atoms with van der Waals surface area (Å²) in [4.78, 5) is 16.8. The van der Waals surface area contributed by atoms with E-state index in [9.17, 15) is 4.79 Å². The fourth-order valence-electron chi connectivity index (χ4n) is 3.29. The first kappa shape index (κ1) is 14.8. The molecule has 1 atom stereocenters. The van der Waals surface area contributed by atoms with Crippen molar-refractivity contribution in [2.24, 2.45) is 0 Å². The standard InChI is InChI=1S/C15H28N2O2/c1-2-13-6-3-4-9-17(13)15(19)12-16(10-11-18)14-7-5-8-14/h13-14,18H,2-12H2,1H3. The number of rotatable bonds is 6. The Balaban J connectivity index is 1.89. The fourth-order valence-corrected chi connectivity index (χ4v) is 3.29. The first-order valence-corrected chi connectivity index (χ1v) is 7.90. The van der Waals surface area contributed by atoms with Gasteiger partial charge in [0.05, 0.1) is 13.2 Å². The van der Waals surface area contributed by atoms with E-state index in [1.54, 1.807) is 0 Å². The summed E-state index contributed by atoms with van der Waals surface area (Å²) in [7, 11) is 0. The van der Waals surface area contributed by atoms with Gasteiger partial charge in [-0.15, -0.1) is 0 Å². The highest BCUT2D eigenvalue weighted by Gasteiger charge is 2.30. The number of nitrogens with zero attached hydrogens (tertiary/aromatic N) is 2. The van der Waals surface area contributed by atoms with E-state index in [0.717, 1.165) is 25.8 Å². The first-order valence-electron chi connectivity index (χ1n) is 7.90. The van der Waals surface area contributed by atoms with Gasteiger partial charge in [-0.05, 0) is 38.5 Å². The van der Waals surface area contributed by atoms with Gasteiger partial charge in [0.25, 0.3) is 0 Å². The van der Waals surface area contributed by atoms with Crippen LogP contribution in [0.3, 0.4) is 0 Å². The van der Waals surface area contributed by atoms with Gasteiger partial charge >= 0.3 is 0 Å². The molecule has 2 fully saturated rings. The number of aliphatic hydroxyl groups excluding tert-OH is 1. The molecule has 110 valence electrons. The van der Waals surface area contributed by atoms with Crippen LogP contribution in [0.2, 0.25) is 0 Å². The van der Waals surface area contributed by atoms with Gasteiger partial charge in [-0.3, -0.25) is 9.69 Å². The van der Waals surface area contributed by atoms with E-state index in [-0.39, 0.29) is 12.5 Å². The monoisotopic (exact) mass is 268 g/mol. The summed E-state index contributed by atoms with van der Waals surface area (Å²) < 4.78 is 0. The lowest BCUT2D eigenvalue weighted by atomic mass is 9.91. The number of carbonyl (C=O) groups excluding carboxylic acids is 1. The van der Waals surface area contributed by atoms with E-state index < -0.39 is 0 Å². The van der Waals surface area contributed by atoms with Crippen LogP contribution < -0.4 is 0 Å². The highest BCUT2D eigenvalue weighted by molar-refractivity contribution is 5.78. The lowest BCUT2D eigenvalue weighted by molar-refractivity contribution is -0.137. The molecule has 1 saturated carbocycles. The molecule has 0 aromatic heterocycles. The van der Waals surface area contributed by atoms with Crippen LogP contribution in [-0.4, -0.2) is 59.1 Å². The zero-order valence-electron chi connectivity index (χ0n) is 12.2. The van der Waals surface area contributed by atoms with E-state index in [1.165, 1.54) is 25.7 Å². The number of likely N-dealkylation sites (tertiary alicyclic amines) is 1. The summed E-state index contributed by atoms with van der Waals surface area (Å²) in [6, 6.07) is 0.972. The Hall–Kier alpha value is -0.610. The molecule has 19 heavy (non-hydrogen) atoms. The van der Waals surface area contributed by atoms with Gasteiger partial charge in [0.15, 0.2) is 0 Å². The van der Waals surface area contributed by atoms with Crippen molar-refractivity contribution >= 4 is 5.91 Å². The molecular formula is C15H28N2O2. The van der Waals surface area contributed by atoms with Crippen LogP contribution in [0, 0.1) is 0 Å². The first-order chi connectivity index (χ1) is 9.26. The van der Waals surface area contributed by atoms with Gasteiger partial charge in [0.2, 0.25) is 5.91 Å². The second kappa shape index (κ2) is 7.25. The topological polar surface area (TPSA) is 43.8 Å². The van der Waals surface area contributed by atoms with E-state index in [2.05, 4.69) is 16.7 Å². The zero-order valence-corrected chi connectivity index (χ0v) is 12.2. The van der Waals surface area contributed by atoms with E-state index in [4.69, 9.17) is 5.11 Å². The molecule has 1 aliphatic heterocycles. The SMILES string of the molecule is CCC1CCCCN1C(=O)CN(CCO)C1CCC1. The molecule has 4 nitrogen and oxygen atoms in total. The maximum Gasteiger partial charge on any atom is 0.237 e. The molecule has 0 radical (unpaired) electrons. The van der Waals surface area contributed by atoms with Gasteiger partial charge < -0.3 is 10.0 Å². The van der Waals surface area contributed by atoms with Crippen LogP contribution >= 0.6 is 0 Å². The van der Waals surface area contributed by atoms with Crippen LogP contribution in [0.25, 0.3) is 0 Å². The molecule has 1 saturated heterocycles. The molecule has 1 N–H and O–H groups in total. The summed E-state index contributed by atoms with van der Waals surface area (Å²) in [5.74, 6) is 0.270. The second-order valence-electron chi connectivity index (χ2n) is 5.92. The third-order valence-electron chi connectivity index (χ3n) is 4.74. The van der Waals surface area contributed by atoms with Crippen molar-refractivity contribution in [1.82, 2.24) is 9.80 Å². The molecule has 2 rings (SSSR count). The molecule has 0 bridgehead atoms. The Kier molecular flexibility index (Phi) is 5.64. The third-order valence-corrected chi connectivity index (χ3v) is 4.74. The average molecular weight is 268 g/mol. The van der Waals surface area contributed by atoms with Crippen molar-refractivity contribution in [2.45, 2.75) is 64.0 Å². The van der Waals surface area contributed by atoms with Gasteiger partial charge in [-0.2, -0.15) is 0 Å². The van der Waals surface area contributed by atoms with Crippen molar-refractivity contribution in [1.29, 1.82) is 0 Å². The minimum atomic E-state index is 0.154. The number of hydrogen-bond acceptors (Lipinski definition) is 3. The Morgan fingerprint density at radius 1 is 1.26 bits per heavy atom. The van der Waals surface area contributed by atoms with Crippen LogP contribution in [0.1, 0.15) is 51.9 Å². The minimum absolute atomic E-state index is 0.154. The largest absolute Gasteiger partial charge is 0.395 e. The van der Waals surface area contributed by atoms with Gasteiger partial charge in [-0.1, -0.05) is 13.3 Å². The second-order valence-corrected chi connectivity index (χ2v) is 5.92. The lowest BCUT2D eigenvalue weighted by Gasteiger charge is -2.40. The molecule has 0 spiro atoms. The predicted molar refractivity (Wildman–Crippen MR) is 75.9 cm³/mol. The zero-order chi connectivity index (χ0) is 13.7. The van der Waals surface area contributed by atoms with Crippen LogP contribution in [0.15, 0.2) is 0 Å². The summed E-state index contributed by atoms with van der Waals surface area (Å²) in [6.45, 7) is 4.40. The van der Waals surface area contributed by atoms with Crippen LogP contribution in [-0.2, 0) is 4.79 Å². The minimum Gasteiger partial charge on any atom is -0.395 e. The normalized spacial score (nSPS) is 24.6. The molecule has 1 aliphatic carbocycles. The maximum absolute atomic E-state index is 12.5. The van der Waals surface area contributed by atoms with Gasteiger partial charge in [0.1, 0.15) is 0 Å². The van der Waals surface area contributed by atoms with E-state index >= 15 is 0 Å². The third kappa shape index (κ3) is 3.69. The lowest BCUT2D eigenvalue weighted by Crippen LogP contribution is -2.51. The summed E-state index contributed by atoms with van der Waals surface area (Å²) >= 11 is 0. The van der Waals surface area contributed by atoms with Crippen molar-refractivity contribution in [3.05, 3.63) is 0 Å². The Morgan fingerprint density at radius 3 is 2.63 bits per heavy atom. The van der Waals surface area contributed by atoms with E-state index in [1.807, 2.05) is 0 Å².